The first-order valence-electron chi connectivity index (χ1n) is 6.27. The van der Waals surface area contributed by atoms with E-state index in [0.29, 0.717) is 17.9 Å². The Labute approximate surface area is 103 Å². The summed E-state index contributed by atoms with van der Waals surface area (Å²) < 4.78 is 5.52. The first kappa shape index (κ1) is 14.3. The smallest absolute Gasteiger partial charge is 0.0767 e. The summed E-state index contributed by atoms with van der Waals surface area (Å²) in [5.74, 6) is 1.10. The van der Waals surface area contributed by atoms with E-state index in [0.717, 1.165) is 31.6 Å². The van der Waals surface area contributed by atoms with Gasteiger partial charge in [-0.3, -0.25) is 0 Å². The molecule has 1 fully saturated rings. The highest BCUT2D eigenvalue weighted by atomic mass is 32.2. The number of thioether (sulfide) groups is 1. The quantitative estimate of drug-likeness (QED) is 0.673. The fourth-order valence-electron chi connectivity index (χ4n) is 1.99. The molecule has 1 heterocycles. The summed E-state index contributed by atoms with van der Waals surface area (Å²) in [7, 11) is 0. The van der Waals surface area contributed by atoms with Gasteiger partial charge in [0.2, 0.25) is 0 Å². The lowest BCUT2D eigenvalue weighted by Gasteiger charge is -2.25. The van der Waals surface area contributed by atoms with Crippen molar-refractivity contribution in [2.75, 3.05) is 18.9 Å². The minimum Gasteiger partial charge on any atom is -0.389 e. The topological polar surface area (TPSA) is 55.5 Å². The Morgan fingerprint density at radius 1 is 1.56 bits per heavy atom. The number of aliphatic hydroxyl groups is 1. The maximum Gasteiger partial charge on any atom is 0.0767 e. The van der Waals surface area contributed by atoms with E-state index < -0.39 is 5.60 Å². The standard InChI is InChI=1S/C12H25NO2S/c1-3-12(14,9-13)6-4-8-16-11-5-7-15-10(11)2/h10-11,14H,3-9,13H2,1-2H3. The first-order chi connectivity index (χ1) is 7.61. The van der Waals surface area contributed by atoms with E-state index in [1.165, 1.54) is 6.42 Å². The van der Waals surface area contributed by atoms with Crippen LogP contribution >= 0.6 is 11.8 Å². The Morgan fingerprint density at radius 2 is 2.31 bits per heavy atom. The highest BCUT2D eigenvalue weighted by Gasteiger charge is 2.25. The molecule has 3 atom stereocenters. The molecule has 0 spiro atoms. The van der Waals surface area contributed by atoms with Crippen LogP contribution in [0.4, 0.5) is 0 Å². The van der Waals surface area contributed by atoms with Gasteiger partial charge >= 0.3 is 0 Å². The van der Waals surface area contributed by atoms with Gasteiger partial charge in [0.15, 0.2) is 0 Å². The van der Waals surface area contributed by atoms with E-state index in [-0.39, 0.29) is 0 Å². The Balaban J connectivity index is 2.11. The van der Waals surface area contributed by atoms with Crippen LogP contribution in [0.5, 0.6) is 0 Å². The molecule has 1 saturated heterocycles. The Morgan fingerprint density at radius 3 is 2.81 bits per heavy atom. The molecule has 0 aromatic rings. The predicted octanol–water partition coefficient (Wildman–Crippen LogP) is 1.78. The van der Waals surface area contributed by atoms with Gasteiger partial charge in [0.05, 0.1) is 11.7 Å². The lowest BCUT2D eigenvalue weighted by Crippen LogP contribution is -2.37. The van der Waals surface area contributed by atoms with E-state index in [4.69, 9.17) is 10.5 Å². The van der Waals surface area contributed by atoms with Crippen molar-refractivity contribution in [3.05, 3.63) is 0 Å². The summed E-state index contributed by atoms with van der Waals surface area (Å²) in [5, 5.41) is 10.7. The normalized spacial score (nSPS) is 29.2. The van der Waals surface area contributed by atoms with Crippen molar-refractivity contribution in [3.63, 3.8) is 0 Å². The van der Waals surface area contributed by atoms with Crippen LogP contribution in [0.1, 0.15) is 39.5 Å². The molecule has 4 heteroatoms. The molecular formula is C12H25NO2S. The van der Waals surface area contributed by atoms with Crippen molar-refractivity contribution in [3.8, 4) is 0 Å². The van der Waals surface area contributed by atoms with E-state index in [1.54, 1.807) is 0 Å². The molecule has 0 radical (unpaired) electrons. The van der Waals surface area contributed by atoms with Crippen LogP contribution < -0.4 is 5.73 Å². The summed E-state index contributed by atoms with van der Waals surface area (Å²) in [6.45, 7) is 5.41. The van der Waals surface area contributed by atoms with Crippen LogP contribution in [-0.4, -0.2) is 41.0 Å². The van der Waals surface area contributed by atoms with Crippen LogP contribution in [-0.2, 0) is 4.74 Å². The van der Waals surface area contributed by atoms with Crippen molar-refractivity contribution in [1.82, 2.24) is 0 Å². The van der Waals surface area contributed by atoms with Crippen molar-refractivity contribution in [2.24, 2.45) is 5.73 Å². The second-order valence-corrected chi connectivity index (χ2v) is 6.01. The molecule has 0 aromatic heterocycles. The second kappa shape index (κ2) is 6.84. The molecule has 1 rings (SSSR count). The maximum atomic E-state index is 10.0. The Bertz CT molecular complexity index is 197. The lowest BCUT2D eigenvalue weighted by molar-refractivity contribution is 0.0360. The van der Waals surface area contributed by atoms with Gasteiger partial charge in [-0.1, -0.05) is 6.92 Å². The molecule has 0 aromatic carbocycles. The van der Waals surface area contributed by atoms with Crippen molar-refractivity contribution < 1.29 is 9.84 Å². The molecular weight excluding hydrogens is 222 g/mol. The van der Waals surface area contributed by atoms with E-state index in [1.807, 2.05) is 18.7 Å². The average Bonchev–Trinajstić information content (AvgIpc) is 2.70. The predicted molar refractivity (Wildman–Crippen MR) is 69.8 cm³/mol. The summed E-state index contributed by atoms with van der Waals surface area (Å²) in [6.07, 6.45) is 4.16. The van der Waals surface area contributed by atoms with E-state index in [9.17, 15) is 5.11 Å². The molecule has 3 nitrogen and oxygen atoms in total. The van der Waals surface area contributed by atoms with Crippen LogP contribution in [0, 0.1) is 0 Å². The number of hydrogen-bond acceptors (Lipinski definition) is 4. The monoisotopic (exact) mass is 247 g/mol. The van der Waals surface area contributed by atoms with E-state index in [2.05, 4.69) is 6.92 Å². The molecule has 1 aliphatic heterocycles. The molecule has 3 unspecified atom stereocenters. The summed E-state index contributed by atoms with van der Waals surface area (Å²) in [5.41, 5.74) is 4.93. The fraction of sp³-hybridized carbons (Fsp3) is 1.00. The molecule has 0 amide bonds. The number of ether oxygens (including phenoxy) is 1. The van der Waals surface area contributed by atoms with Crippen molar-refractivity contribution in [1.29, 1.82) is 0 Å². The lowest BCUT2D eigenvalue weighted by atomic mass is 9.95. The molecule has 0 saturated carbocycles. The second-order valence-electron chi connectivity index (χ2n) is 4.66. The zero-order chi connectivity index (χ0) is 12.0. The first-order valence-corrected chi connectivity index (χ1v) is 7.32. The van der Waals surface area contributed by atoms with E-state index >= 15 is 0 Å². The van der Waals surface area contributed by atoms with Gasteiger partial charge in [0.1, 0.15) is 0 Å². The largest absolute Gasteiger partial charge is 0.389 e. The highest BCUT2D eigenvalue weighted by molar-refractivity contribution is 7.99. The van der Waals surface area contributed by atoms with Gasteiger partial charge in [-0.05, 0) is 38.4 Å². The van der Waals surface area contributed by atoms with Gasteiger partial charge in [0, 0.05) is 18.4 Å². The maximum absolute atomic E-state index is 10.0. The molecule has 3 N–H and O–H groups in total. The number of hydrogen-bond donors (Lipinski definition) is 2. The van der Waals surface area contributed by atoms with Crippen LogP contribution in [0.15, 0.2) is 0 Å². The average molecular weight is 247 g/mol. The van der Waals surface area contributed by atoms with Crippen LogP contribution in [0.25, 0.3) is 0 Å². The van der Waals surface area contributed by atoms with Gasteiger partial charge in [-0.25, -0.2) is 0 Å². The Kier molecular flexibility index (Phi) is 6.11. The van der Waals surface area contributed by atoms with Gasteiger partial charge in [0.25, 0.3) is 0 Å². The summed E-state index contributed by atoms with van der Waals surface area (Å²) >= 11 is 1.98. The van der Waals surface area contributed by atoms with Gasteiger partial charge < -0.3 is 15.6 Å². The molecule has 0 aliphatic carbocycles. The summed E-state index contributed by atoms with van der Waals surface area (Å²) in [6, 6.07) is 0. The van der Waals surface area contributed by atoms with Crippen molar-refractivity contribution in [2.45, 2.75) is 56.5 Å². The third-order valence-electron chi connectivity index (χ3n) is 3.46. The third kappa shape index (κ3) is 4.24. The zero-order valence-corrected chi connectivity index (χ0v) is 11.3. The summed E-state index contributed by atoms with van der Waals surface area (Å²) in [4.78, 5) is 0. The van der Waals surface area contributed by atoms with Gasteiger partial charge in [-0.15, -0.1) is 0 Å². The third-order valence-corrected chi connectivity index (χ3v) is 5.03. The number of rotatable bonds is 7. The van der Waals surface area contributed by atoms with Crippen molar-refractivity contribution >= 4 is 11.8 Å². The minimum absolute atomic E-state index is 0.372. The number of nitrogens with two attached hydrogens (primary N) is 1. The fourth-order valence-corrected chi connectivity index (χ4v) is 3.22. The minimum atomic E-state index is -0.641. The van der Waals surface area contributed by atoms with Crippen LogP contribution in [0.2, 0.25) is 0 Å². The molecule has 1 aliphatic rings. The molecule has 96 valence electrons. The zero-order valence-electron chi connectivity index (χ0n) is 10.4. The highest BCUT2D eigenvalue weighted by Crippen LogP contribution is 2.28. The van der Waals surface area contributed by atoms with Crippen LogP contribution in [0.3, 0.4) is 0 Å². The molecule has 0 bridgehead atoms. The van der Waals surface area contributed by atoms with Gasteiger partial charge in [-0.2, -0.15) is 11.8 Å². The molecule has 16 heavy (non-hydrogen) atoms. The Hall–Kier alpha value is 0.230. The SMILES string of the molecule is CCC(O)(CN)CCCSC1CCOC1C.